The van der Waals surface area contributed by atoms with Crippen LogP contribution in [0.2, 0.25) is 0 Å². The molecule has 0 unspecified atom stereocenters. The minimum Gasteiger partial charge on any atom is -0.462 e. The molecule has 1 aliphatic heterocycles. The summed E-state index contributed by atoms with van der Waals surface area (Å²) >= 11 is 0. The number of hydrogen-bond acceptors (Lipinski definition) is 15. The Morgan fingerprint density at radius 3 is 1.81 bits per heavy atom. The second kappa shape index (κ2) is 22.8. The molecule has 262 valence electrons. The van der Waals surface area contributed by atoms with Gasteiger partial charge in [-0.3, -0.25) is 4.79 Å². The van der Waals surface area contributed by atoms with Crippen LogP contribution in [-0.4, -0.2) is 137 Å². The Hall–Kier alpha value is -4.63. The molecule has 17 nitrogen and oxygen atoms in total. The molecule has 1 saturated heterocycles. The van der Waals surface area contributed by atoms with Crippen LogP contribution in [0.3, 0.4) is 0 Å². The summed E-state index contributed by atoms with van der Waals surface area (Å²) in [6.45, 7) is 8.31. The van der Waals surface area contributed by atoms with E-state index < -0.39 is 12.1 Å². The lowest BCUT2D eigenvalue weighted by atomic mass is 10.3. The van der Waals surface area contributed by atoms with Crippen molar-refractivity contribution >= 4 is 29.9 Å². The third-order valence-electron chi connectivity index (χ3n) is 6.57. The van der Waals surface area contributed by atoms with Gasteiger partial charge in [0.1, 0.15) is 0 Å². The number of anilines is 2. The number of carbonyl (C=O) groups is 3. The summed E-state index contributed by atoms with van der Waals surface area (Å²) in [5, 5.41) is 5.35. The lowest BCUT2D eigenvalue weighted by molar-refractivity contribution is -0.122. The van der Waals surface area contributed by atoms with Crippen LogP contribution in [0.15, 0.2) is 24.8 Å². The summed E-state index contributed by atoms with van der Waals surface area (Å²) in [4.78, 5) is 56.8. The van der Waals surface area contributed by atoms with Crippen molar-refractivity contribution in [3.63, 3.8) is 0 Å². The normalized spacial score (nSPS) is 12.7. The highest BCUT2D eigenvalue weighted by Crippen LogP contribution is 2.15. The summed E-state index contributed by atoms with van der Waals surface area (Å²) in [5.41, 5.74) is 1.11. The first-order valence-corrected chi connectivity index (χ1v) is 15.7. The number of ether oxygens (including phenoxy) is 6. The maximum absolute atomic E-state index is 12.2. The van der Waals surface area contributed by atoms with Gasteiger partial charge < -0.3 is 48.9 Å². The molecule has 17 heteroatoms. The Bertz CT molecular complexity index is 1270. The quantitative estimate of drug-likeness (QED) is 0.0980. The average molecular weight is 673 g/mol. The topological polar surface area (TPSA) is 189 Å². The Balaban J connectivity index is 1.15. The Kier molecular flexibility index (Phi) is 18.0. The number of hydrogen-bond donors (Lipinski definition) is 2. The maximum Gasteiger partial charge on any atom is 0.408 e. The molecule has 0 bridgehead atoms. The first kappa shape index (κ1) is 37.8. The molecule has 1 aliphatic rings. The van der Waals surface area contributed by atoms with Crippen molar-refractivity contribution in [2.75, 3.05) is 109 Å². The van der Waals surface area contributed by atoms with Gasteiger partial charge in [-0.25, -0.2) is 29.5 Å². The number of alkyl carbamates (subject to hydrolysis) is 1. The highest BCUT2D eigenvalue weighted by atomic mass is 16.6. The van der Waals surface area contributed by atoms with E-state index in [1.807, 2.05) is 4.90 Å². The summed E-state index contributed by atoms with van der Waals surface area (Å²) in [5.74, 6) is 2.80. The van der Waals surface area contributed by atoms with Crippen LogP contribution >= 0.6 is 0 Å². The monoisotopic (exact) mass is 672 g/mol. The van der Waals surface area contributed by atoms with E-state index in [4.69, 9.17) is 30.1 Å². The molecular formula is C31H44N8O9. The largest absolute Gasteiger partial charge is 0.462 e. The molecule has 2 N–H and O–H groups in total. The van der Waals surface area contributed by atoms with Crippen LogP contribution < -0.4 is 20.4 Å². The van der Waals surface area contributed by atoms with E-state index in [1.165, 1.54) is 12.4 Å². The van der Waals surface area contributed by atoms with E-state index in [9.17, 15) is 14.4 Å². The number of esters is 1. The Morgan fingerprint density at radius 1 is 0.750 bits per heavy atom. The summed E-state index contributed by atoms with van der Waals surface area (Å²) < 4.78 is 31.3. The summed E-state index contributed by atoms with van der Waals surface area (Å²) in [6, 6.07) is 0. The van der Waals surface area contributed by atoms with Crippen LogP contribution in [0.4, 0.5) is 16.7 Å². The smallest absolute Gasteiger partial charge is 0.408 e. The lowest BCUT2D eigenvalue weighted by Crippen LogP contribution is -2.47. The van der Waals surface area contributed by atoms with Crippen LogP contribution in [0.5, 0.6) is 0 Å². The van der Waals surface area contributed by atoms with Gasteiger partial charge in [0.05, 0.1) is 65.0 Å². The minimum absolute atomic E-state index is 0.0698. The fourth-order valence-electron chi connectivity index (χ4n) is 4.11. The number of terminal acetylenes is 1. The lowest BCUT2D eigenvalue weighted by Gasteiger charge is -2.34. The fraction of sp³-hybridized carbons (Fsp3) is 0.581. The van der Waals surface area contributed by atoms with Crippen molar-refractivity contribution in [3.05, 3.63) is 35.9 Å². The molecular weight excluding hydrogens is 628 g/mol. The second-order valence-corrected chi connectivity index (χ2v) is 10.0. The van der Waals surface area contributed by atoms with E-state index in [-0.39, 0.29) is 25.5 Å². The molecule has 1 fully saturated rings. The number of rotatable bonds is 22. The van der Waals surface area contributed by atoms with Crippen molar-refractivity contribution in [3.8, 4) is 12.3 Å². The van der Waals surface area contributed by atoms with E-state index in [2.05, 4.69) is 46.1 Å². The molecule has 0 atom stereocenters. The van der Waals surface area contributed by atoms with Crippen molar-refractivity contribution < 1.29 is 42.8 Å². The fourth-order valence-corrected chi connectivity index (χ4v) is 4.11. The molecule has 2 amide bonds. The van der Waals surface area contributed by atoms with Crippen molar-refractivity contribution in [1.29, 1.82) is 0 Å². The Morgan fingerprint density at radius 2 is 1.27 bits per heavy atom. The van der Waals surface area contributed by atoms with Gasteiger partial charge in [-0.15, -0.1) is 6.42 Å². The van der Waals surface area contributed by atoms with Crippen molar-refractivity contribution in [1.82, 2.24) is 30.6 Å². The SMILES string of the molecule is C#CCOC(=O)NCCOCCOCCOCCOCCC(=O)NCc1cnc(N2CCN(c3ncc(C(=O)OCC)cn3)CC2)nc1. The third kappa shape index (κ3) is 14.9. The van der Waals surface area contributed by atoms with E-state index >= 15 is 0 Å². The predicted molar refractivity (Wildman–Crippen MR) is 172 cm³/mol. The predicted octanol–water partition coefficient (Wildman–Crippen LogP) is 0.202. The molecule has 0 spiro atoms. The van der Waals surface area contributed by atoms with Crippen molar-refractivity contribution in [2.45, 2.75) is 19.9 Å². The standard InChI is InChI=1S/C31H44N8O9/c1-3-11-48-31(42)32-6-13-44-15-17-46-19-18-45-16-14-43-12-5-27(40)33-20-25-21-34-29(35-22-25)38-7-9-39(10-8-38)30-36-23-26(24-37-30)28(41)47-4-2/h1,21-24H,4-20H2,2H3,(H,32,42)(H,33,40). The second-order valence-electron chi connectivity index (χ2n) is 10.0. The molecule has 2 aromatic rings. The van der Waals surface area contributed by atoms with Crippen LogP contribution in [0.1, 0.15) is 29.3 Å². The van der Waals surface area contributed by atoms with Gasteiger partial charge in [0.15, 0.2) is 6.61 Å². The maximum atomic E-state index is 12.2. The zero-order valence-electron chi connectivity index (χ0n) is 27.3. The van der Waals surface area contributed by atoms with Gasteiger partial charge in [0.25, 0.3) is 0 Å². The zero-order valence-corrected chi connectivity index (χ0v) is 27.3. The number of nitrogens with zero attached hydrogens (tertiary/aromatic N) is 6. The van der Waals surface area contributed by atoms with Crippen LogP contribution in [0, 0.1) is 12.3 Å². The molecule has 3 heterocycles. The van der Waals surface area contributed by atoms with E-state index in [0.29, 0.717) is 110 Å². The van der Waals surface area contributed by atoms with Crippen LogP contribution in [-0.2, 0) is 39.8 Å². The summed E-state index contributed by atoms with van der Waals surface area (Å²) in [7, 11) is 0. The molecule has 0 radical (unpaired) electrons. The van der Waals surface area contributed by atoms with Gasteiger partial charge in [-0.1, -0.05) is 5.92 Å². The average Bonchev–Trinajstić information content (AvgIpc) is 3.12. The van der Waals surface area contributed by atoms with Crippen molar-refractivity contribution in [2.24, 2.45) is 0 Å². The molecule has 48 heavy (non-hydrogen) atoms. The minimum atomic E-state index is -0.579. The zero-order chi connectivity index (χ0) is 34.2. The first-order chi connectivity index (χ1) is 23.5. The number of aromatic nitrogens is 4. The van der Waals surface area contributed by atoms with E-state index in [0.717, 1.165) is 5.56 Å². The number of piperazine rings is 1. The first-order valence-electron chi connectivity index (χ1n) is 15.7. The number of carbonyl (C=O) groups excluding carboxylic acids is 3. The highest BCUT2D eigenvalue weighted by molar-refractivity contribution is 5.88. The van der Waals surface area contributed by atoms with Crippen LogP contribution in [0.25, 0.3) is 0 Å². The van der Waals surface area contributed by atoms with Gasteiger partial charge in [0, 0.05) is 76.0 Å². The highest BCUT2D eigenvalue weighted by Gasteiger charge is 2.21. The van der Waals surface area contributed by atoms with Gasteiger partial charge in [0.2, 0.25) is 17.8 Å². The summed E-state index contributed by atoms with van der Waals surface area (Å²) in [6.07, 6.45) is 11.0. The molecule has 0 aromatic carbocycles. The number of nitrogens with one attached hydrogen (secondary N) is 2. The van der Waals surface area contributed by atoms with Gasteiger partial charge >= 0.3 is 12.1 Å². The van der Waals surface area contributed by atoms with E-state index in [1.54, 1.807) is 19.3 Å². The van der Waals surface area contributed by atoms with Gasteiger partial charge in [-0.2, -0.15) is 0 Å². The Labute approximate surface area is 280 Å². The van der Waals surface area contributed by atoms with Gasteiger partial charge in [-0.05, 0) is 6.92 Å². The third-order valence-corrected chi connectivity index (χ3v) is 6.57. The molecule has 2 aromatic heterocycles. The molecule has 0 aliphatic carbocycles. The molecule has 3 rings (SSSR count). The number of amides is 2. The molecule has 0 saturated carbocycles.